The first kappa shape index (κ1) is 25.2. The highest BCUT2D eigenvalue weighted by atomic mass is 35.5. The van der Waals surface area contributed by atoms with Crippen LogP contribution in [0.1, 0.15) is 11.7 Å². The van der Waals surface area contributed by atoms with Crippen LogP contribution >= 0.6 is 35.0 Å². The molecule has 184 valence electrons. The van der Waals surface area contributed by atoms with E-state index in [9.17, 15) is 23.4 Å². The van der Waals surface area contributed by atoms with E-state index >= 15 is 0 Å². The summed E-state index contributed by atoms with van der Waals surface area (Å²) in [5.41, 5.74) is -2.08. The molecule has 0 spiro atoms. The minimum absolute atomic E-state index is 0.246. The van der Waals surface area contributed by atoms with Crippen molar-refractivity contribution >= 4 is 35.0 Å². The van der Waals surface area contributed by atoms with Crippen LogP contribution in [0.25, 0.3) is 5.82 Å². The van der Waals surface area contributed by atoms with E-state index in [-0.39, 0.29) is 10.0 Å². The Labute approximate surface area is 204 Å². The SMILES string of the molecule is COC1[C@@H](Sc2cnc(C(F)(F)F)c(Cl)c2)OC(CO)[C@H](O)[C@@H]1n1cc(-n2ccc(Cl)n2)nn1. The Bertz CT molecular complexity index is 1150. The van der Waals surface area contributed by atoms with Crippen LogP contribution in [0.2, 0.25) is 10.2 Å². The Morgan fingerprint density at radius 2 is 2.09 bits per heavy atom. The molecule has 16 heteroatoms. The van der Waals surface area contributed by atoms with E-state index in [0.717, 1.165) is 24.0 Å². The maximum atomic E-state index is 13.0. The number of thioether (sulfide) groups is 1. The van der Waals surface area contributed by atoms with Gasteiger partial charge in [-0.1, -0.05) is 40.2 Å². The van der Waals surface area contributed by atoms with Gasteiger partial charge in [-0.3, -0.25) is 0 Å². The van der Waals surface area contributed by atoms with Gasteiger partial charge in [-0.05, 0) is 12.1 Å². The molecule has 34 heavy (non-hydrogen) atoms. The number of aromatic nitrogens is 6. The third-order valence-corrected chi connectivity index (χ3v) is 6.63. The molecule has 3 aromatic rings. The van der Waals surface area contributed by atoms with Crippen LogP contribution in [0.4, 0.5) is 13.2 Å². The topological polar surface area (TPSA) is 120 Å². The predicted octanol–water partition coefficient (Wildman–Crippen LogP) is 2.61. The van der Waals surface area contributed by atoms with Gasteiger partial charge in [0.25, 0.3) is 0 Å². The van der Waals surface area contributed by atoms with Gasteiger partial charge in [0, 0.05) is 24.4 Å². The number of hydrogen-bond donors (Lipinski definition) is 2. The molecule has 1 fully saturated rings. The van der Waals surface area contributed by atoms with Gasteiger partial charge >= 0.3 is 6.18 Å². The summed E-state index contributed by atoms with van der Waals surface area (Å²) < 4.78 is 53.0. The fraction of sp³-hybridized carbons (Fsp3) is 0.444. The van der Waals surface area contributed by atoms with E-state index in [2.05, 4.69) is 20.4 Å². The van der Waals surface area contributed by atoms with E-state index < -0.39 is 53.3 Å². The normalized spacial score (nSPS) is 25.6. The zero-order chi connectivity index (χ0) is 24.6. The van der Waals surface area contributed by atoms with Crippen molar-refractivity contribution in [2.24, 2.45) is 0 Å². The van der Waals surface area contributed by atoms with Crippen molar-refractivity contribution < 1.29 is 32.9 Å². The number of ether oxygens (including phenoxy) is 2. The summed E-state index contributed by atoms with van der Waals surface area (Å²) in [5, 5.41) is 32.4. The minimum atomic E-state index is -4.70. The van der Waals surface area contributed by atoms with Gasteiger partial charge in [-0.15, -0.1) is 5.10 Å². The summed E-state index contributed by atoms with van der Waals surface area (Å²) in [7, 11) is 1.38. The van der Waals surface area contributed by atoms with Gasteiger partial charge in [0.2, 0.25) is 0 Å². The lowest BCUT2D eigenvalue weighted by molar-refractivity contribution is -0.186. The first-order valence-corrected chi connectivity index (χ1v) is 11.3. The highest BCUT2D eigenvalue weighted by Gasteiger charge is 2.47. The van der Waals surface area contributed by atoms with Crippen molar-refractivity contribution in [2.45, 2.75) is 40.9 Å². The molecule has 1 aliphatic rings. The lowest BCUT2D eigenvalue weighted by Gasteiger charge is -2.43. The number of nitrogens with zero attached hydrogens (tertiary/aromatic N) is 6. The second kappa shape index (κ2) is 9.97. The average Bonchev–Trinajstić information content (AvgIpc) is 3.42. The average molecular weight is 541 g/mol. The van der Waals surface area contributed by atoms with E-state index in [1.54, 1.807) is 12.3 Å². The summed E-state index contributed by atoms with van der Waals surface area (Å²) in [4.78, 5) is 3.68. The van der Waals surface area contributed by atoms with E-state index in [1.165, 1.54) is 22.7 Å². The Morgan fingerprint density at radius 1 is 1.32 bits per heavy atom. The van der Waals surface area contributed by atoms with Gasteiger partial charge in [0.1, 0.15) is 29.8 Å². The number of aliphatic hydroxyl groups is 2. The second-order valence-electron chi connectivity index (χ2n) is 7.16. The molecule has 2 unspecified atom stereocenters. The summed E-state index contributed by atoms with van der Waals surface area (Å²) in [6.07, 6.45) is -3.77. The summed E-state index contributed by atoms with van der Waals surface area (Å²) in [6.45, 7) is -0.534. The molecule has 0 bridgehead atoms. The molecule has 3 aromatic heterocycles. The predicted molar refractivity (Wildman–Crippen MR) is 114 cm³/mol. The number of rotatable bonds is 6. The molecule has 0 aromatic carbocycles. The smallest absolute Gasteiger partial charge is 0.394 e. The number of halogens is 5. The van der Waals surface area contributed by atoms with Gasteiger partial charge < -0.3 is 19.7 Å². The minimum Gasteiger partial charge on any atom is -0.394 e. The van der Waals surface area contributed by atoms with Crippen molar-refractivity contribution in [1.29, 1.82) is 0 Å². The Balaban J connectivity index is 1.63. The standard InChI is InChI=1S/C18H17Cl2F3N6O4S/c1-32-15-13(29-6-12(25-27-29)28-3-2-11(20)26-28)14(31)10(7-30)33-17(15)34-8-4-9(19)16(24-5-8)18(21,22)23/h2-6,10,13-15,17,30-31H,7H2,1H3/t10?,13-,14-,15?,17+/m0/s1. The van der Waals surface area contributed by atoms with Crippen LogP contribution in [0.15, 0.2) is 35.6 Å². The highest BCUT2D eigenvalue weighted by Crippen LogP contribution is 2.41. The maximum Gasteiger partial charge on any atom is 0.434 e. The summed E-state index contributed by atoms with van der Waals surface area (Å²) in [5.74, 6) is 0.309. The summed E-state index contributed by atoms with van der Waals surface area (Å²) in [6, 6.07) is 1.79. The van der Waals surface area contributed by atoms with Crippen molar-refractivity contribution in [3.05, 3.63) is 46.6 Å². The number of pyridine rings is 1. The molecule has 5 atom stereocenters. The molecule has 1 saturated heterocycles. The van der Waals surface area contributed by atoms with Crippen LogP contribution in [0.3, 0.4) is 0 Å². The van der Waals surface area contributed by atoms with Gasteiger partial charge in [0.05, 0.1) is 17.8 Å². The number of methoxy groups -OCH3 is 1. The van der Waals surface area contributed by atoms with Crippen LogP contribution < -0.4 is 0 Å². The molecular formula is C18H17Cl2F3N6O4S. The number of alkyl halides is 3. The van der Waals surface area contributed by atoms with Crippen LogP contribution in [-0.4, -0.2) is 77.4 Å². The van der Waals surface area contributed by atoms with Gasteiger partial charge in [0.15, 0.2) is 16.7 Å². The second-order valence-corrected chi connectivity index (χ2v) is 9.13. The van der Waals surface area contributed by atoms with Gasteiger partial charge in [-0.25, -0.2) is 14.3 Å². The Morgan fingerprint density at radius 3 is 2.68 bits per heavy atom. The highest BCUT2D eigenvalue weighted by molar-refractivity contribution is 7.99. The van der Waals surface area contributed by atoms with E-state index in [1.807, 2.05) is 0 Å². The van der Waals surface area contributed by atoms with Crippen molar-refractivity contribution in [3.8, 4) is 5.82 Å². The number of aliphatic hydroxyl groups excluding tert-OH is 2. The van der Waals surface area contributed by atoms with E-state index in [0.29, 0.717) is 5.82 Å². The Kier molecular flexibility index (Phi) is 7.38. The molecule has 0 saturated carbocycles. The molecule has 0 aliphatic carbocycles. The maximum absolute atomic E-state index is 13.0. The van der Waals surface area contributed by atoms with Crippen molar-refractivity contribution in [1.82, 2.24) is 29.8 Å². The lowest BCUT2D eigenvalue weighted by Crippen LogP contribution is -2.55. The van der Waals surface area contributed by atoms with Crippen molar-refractivity contribution in [3.63, 3.8) is 0 Å². The third kappa shape index (κ3) is 5.03. The molecular weight excluding hydrogens is 524 g/mol. The zero-order valence-electron chi connectivity index (χ0n) is 17.2. The fourth-order valence-corrected chi connectivity index (χ4v) is 5.13. The molecule has 4 heterocycles. The van der Waals surface area contributed by atoms with Crippen molar-refractivity contribution in [2.75, 3.05) is 13.7 Å². The molecule has 10 nitrogen and oxygen atoms in total. The quantitative estimate of drug-likeness (QED) is 0.485. The fourth-order valence-electron chi connectivity index (χ4n) is 3.48. The van der Waals surface area contributed by atoms with Crippen LogP contribution in [0.5, 0.6) is 0 Å². The first-order chi connectivity index (χ1) is 16.1. The molecule has 0 radical (unpaired) electrons. The first-order valence-electron chi connectivity index (χ1n) is 9.62. The van der Waals surface area contributed by atoms with Gasteiger partial charge in [-0.2, -0.15) is 18.3 Å². The van der Waals surface area contributed by atoms with Crippen LogP contribution in [-0.2, 0) is 15.7 Å². The largest absolute Gasteiger partial charge is 0.434 e. The monoisotopic (exact) mass is 540 g/mol. The Hall–Kier alpha value is -1.94. The van der Waals surface area contributed by atoms with Crippen LogP contribution in [0, 0.1) is 0 Å². The zero-order valence-corrected chi connectivity index (χ0v) is 19.5. The summed E-state index contributed by atoms with van der Waals surface area (Å²) >= 11 is 12.6. The van der Waals surface area contributed by atoms with E-state index in [4.69, 9.17) is 32.7 Å². The molecule has 1 aliphatic heterocycles. The lowest BCUT2D eigenvalue weighted by atomic mass is 9.97. The molecule has 0 amide bonds. The molecule has 2 N–H and O–H groups in total. The third-order valence-electron chi connectivity index (χ3n) is 5.03. The molecule has 4 rings (SSSR count). The number of hydrogen-bond acceptors (Lipinski definition) is 9.